The molecule has 0 saturated heterocycles. The van der Waals surface area contributed by atoms with Gasteiger partial charge in [0.15, 0.2) is 5.78 Å². The van der Waals surface area contributed by atoms with Crippen LogP contribution < -0.4 is 0 Å². The van der Waals surface area contributed by atoms with E-state index in [0.29, 0.717) is 11.2 Å². The van der Waals surface area contributed by atoms with Crippen molar-refractivity contribution in [3.8, 4) is 0 Å². The van der Waals surface area contributed by atoms with Crippen LogP contribution in [0.3, 0.4) is 0 Å². The van der Waals surface area contributed by atoms with Crippen LogP contribution in [-0.2, 0) is 4.79 Å². The van der Waals surface area contributed by atoms with E-state index < -0.39 is 0 Å². The molecule has 1 nitrogen and oxygen atoms in total. The lowest BCUT2D eigenvalue weighted by Gasteiger charge is -2.16. The fraction of sp³-hybridized carbons (Fsp3) is 0.625. The Morgan fingerprint density at radius 1 is 1.56 bits per heavy atom. The van der Waals surface area contributed by atoms with Crippen LogP contribution in [0, 0.1) is 5.41 Å². The van der Waals surface area contributed by atoms with Crippen molar-refractivity contribution in [1.29, 1.82) is 0 Å². The second-order valence-corrected chi connectivity index (χ2v) is 3.52. The normalized spacial score (nSPS) is 39.7. The Hall–Kier alpha value is -0.590. The van der Waals surface area contributed by atoms with Crippen molar-refractivity contribution >= 4 is 5.78 Å². The molecule has 0 radical (unpaired) electrons. The average molecular weight is 122 g/mol. The summed E-state index contributed by atoms with van der Waals surface area (Å²) in [5.41, 5.74) is 1.43. The van der Waals surface area contributed by atoms with Gasteiger partial charge in [-0.1, -0.05) is 13.0 Å². The Morgan fingerprint density at radius 2 is 2.33 bits per heavy atom. The van der Waals surface area contributed by atoms with E-state index in [2.05, 4.69) is 13.0 Å². The number of hydrogen-bond acceptors (Lipinski definition) is 1. The predicted octanol–water partition coefficient (Wildman–Crippen LogP) is 1.69. The number of hydrogen-bond donors (Lipinski definition) is 0. The minimum Gasteiger partial charge on any atom is -0.295 e. The third kappa shape index (κ3) is 0.576. The van der Waals surface area contributed by atoms with Crippen LogP contribution in [-0.4, -0.2) is 5.78 Å². The Kier molecular flexibility index (Phi) is 0.743. The zero-order valence-corrected chi connectivity index (χ0v) is 5.61. The molecule has 0 heterocycles. The van der Waals surface area contributed by atoms with Gasteiger partial charge in [0.2, 0.25) is 0 Å². The predicted molar refractivity (Wildman–Crippen MR) is 35.0 cm³/mol. The Balaban J connectivity index is 2.41. The van der Waals surface area contributed by atoms with Gasteiger partial charge in [0.1, 0.15) is 0 Å². The van der Waals surface area contributed by atoms with Crippen molar-refractivity contribution < 1.29 is 4.79 Å². The number of Topliss-reactive ketones (excluding diaryl/α,β-unsaturated/α-hetero) is 1. The molecule has 9 heavy (non-hydrogen) atoms. The lowest BCUT2D eigenvalue weighted by Crippen LogP contribution is -2.10. The van der Waals surface area contributed by atoms with Gasteiger partial charge in [-0.2, -0.15) is 0 Å². The first kappa shape index (κ1) is 5.21. The molecular formula is C8H10O. The Morgan fingerprint density at radius 3 is 2.56 bits per heavy atom. The largest absolute Gasteiger partial charge is 0.295 e. The van der Waals surface area contributed by atoms with Gasteiger partial charge in [0, 0.05) is 6.42 Å². The summed E-state index contributed by atoms with van der Waals surface area (Å²) in [6, 6.07) is 0. The Labute approximate surface area is 54.8 Å². The number of allylic oxidation sites excluding steroid dienone is 2. The van der Waals surface area contributed by atoms with Crippen molar-refractivity contribution in [2.24, 2.45) is 5.41 Å². The van der Waals surface area contributed by atoms with Gasteiger partial charge in [-0.25, -0.2) is 0 Å². The van der Waals surface area contributed by atoms with E-state index in [-0.39, 0.29) is 0 Å². The summed E-state index contributed by atoms with van der Waals surface area (Å²) in [6.45, 7) is 2.20. The number of rotatable bonds is 0. The van der Waals surface area contributed by atoms with E-state index in [0.717, 1.165) is 24.8 Å². The highest BCUT2D eigenvalue weighted by Gasteiger charge is 2.40. The van der Waals surface area contributed by atoms with Crippen molar-refractivity contribution in [2.45, 2.75) is 26.2 Å². The molecule has 0 N–H and O–H groups in total. The summed E-state index contributed by atoms with van der Waals surface area (Å²) in [4.78, 5) is 11.0. The summed E-state index contributed by atoms with van der Waals surface area (Å²) in [6.07, 6.45) is 5.09. The molecule has 0 aliphatic heterocycles. The Bertz CT molecular complexity index is 199. The average Bonchev–Trinajstić information content (AvgIpc) is 2.20. The van der Waals surface area contributed by atoms with Gasteiger partial charge in [0.25, 0.3) is 0 Å². The zero-order chi connectivity index (χ0) is 6.48. The number of carbonyl (C=O) groups excluding carboxylic acids is 1. The SMILES string of the molecule is CC12CC=C(C1)C(=O)C2. The van der Waals surface area contributed by atoms with Crippen LogP contribution >= 0.6 is 0 Å². The standard InChI is InChI=1S/C8H10O/c1-8-3-2-6(4-8)7(9)5-8/h2H,3-5H2,1H3. The van der Waals surface area contributed by atoms with Crippen LogP contribution in [0.5, 0.6) is 0 Å². The van der Waals surface area contributed by atoms with E-state index in [9.17, 15) is 4.79 Å². The fourth-order valence-corrected chi connectivity index (χ4v) is 1.82. The van der Waals surface area contributed by atoms with Gasteiger partial charge >= 0.3 is 0 Å². The molecule has 2 aliphatic rings. The van der Waals surface area contributed by atoms with Gasteiger partial charge in [-0.05, 0) is 23.8 Å². The van der Waals surface area contributed by atoms with Crippen LogP contribution in [0.4, 0.5) is 0 Å². The molecule has 1 unspecified atom stereocenters. The van der Waals surface area contributed by atoms with Gasteiger partial charge in [-0.15, -0.1) is 0 Å². The molecule has 0 aromatic carbocycles. The minimum absolute atomic E-state index is 0.340. The zero-order valence-electron chi connectivity index (χ0n) is 5.61. The molecule has 1 heteroatoms. The van der Waals surface area contributed by atoms with Gasteiger partial charge in [0.05, 0.1) is 0 Å². The highest BCUT2D eigenvalue weighted by Crippen LogP contribution is 2.47. The number of fused-ring (bicyclic) bond motifs is 2. The summed E-state index contributed by atoms with van der Waals surface area (Å²) in [5.74, 6) is 0.392. The third-order valence-corrected chi connectivity index (χ3v) is 2.40. The van der Waals surface area contributed by atoms with E-state index in [1.54, 1.807) is 0 Å². The number of carbonyl (C=O) groups is 1. The lowest BCUT2D eigenvalue weighted by molar-refractivity contribution is -0.115. The van der Waals surface area contributed by atoms with Crippen molar-refractivity contribution in [3.63, 3.8) is 0 Å². The topological polar surface area (TPSA) is 17.1 Å². The molecule has 0 aromatic rings. The summed E-state index contributed by atoms with van der Waals surface area (Å²) in [5, 5.41) is 0. The summed E-state index contributed by atoms with van der Waals surface area (Å²) < 4.78 is 0. The smallest absolute Gasteiger partial charge is 0.159 e. The van der Waals surface area contributed by atoms with E-state index in [1.807, 2.05) is 0 Å². The molecule has 0 aromatic heterocycles. The van der Waals surface area contributed by atoms with E-state index in [4.69, 9.17) is 0 Å². The first-order valence-corrected chi connectivity index (χ1v) is 3.42. The molecular weight excluding hydrogens is 112 g/mol. The van der Waals surface area contributed by atoms with Gasteiger partial charge < -0.3 is 0 Å². The highest BCUT2D eigenvalue weighted by atomic mass is 16.1. The molecule has 0 amide bonds. The monoisotopic (exact) mass is 122 g/mol. The van der Waals surface area contributed by atoms with Crippen LogP contribution in [0.25, 0.3) is 0 Å². The second-order valence-electron chi connectivity index (χ2n) is 3.52. The van der Waals surface area contributed by atoms with Crippen LogP contribution in [0.15, 0.2) is 11.6 Å². The third-order valence-electron chi connectivity index (χ3n) is 2.40. The minimum atomic E-state index is 0.340. The fourth-order valence-electron chi connectivity index (χ4n) is 1.82. The first-order valence-electron chi connectivity index (χ1n) is 3.42. The maximum atomic E-state index is 11.0. The maximum Gasteiger partial charge on any atom is 0.159 e. The van der Waals surface area contributed by atoms with Crippen molar-refractivity contribution in [3.05, 3.63) is 11.6 Å². The molecule has 2 rings (SSSR count). The molecule has 1 saturated carbocycles. The number of ketones is 1. The molecule has 48 valence electrons. The highest BCUT2D eigenvalue weighted by molar-refractivity contribution is 5.99. The molecule has 0 spiro atoms. The van der Waals surface area contributed by atoms with Crippen LogP contribution in [0.2, 0.25) is 0 Å². The molecule has 2 bridgehead atoms. The second kappa shape index (κ2) is 1.28. The van der Waals surface area contributed by atoms with Crippen molar-refractivity contribution in [2.75, 3.05) is 0 Å². The molecule has 1 atom stereocenters. The van der Waals surface area contributed by atoms with E-state index >= 15 is 0 Å². The van der Waals surface area contributed by atoms with Crippen molar-refractivity contribution in [1.82, 2.24) is 0 Å². The van der Waals surface area contributed by atoms with Gasteiger partial charge in [-0.3, -0.25) is 4.79 Å². The van der Waals surface area contributed by atoms with E-state index in [1.165, 1.54) is 0 Å². The lowest BCUT2D eigenvalue weighted by atomic mass is 9.87. The maximum absolute atomic E-state index is 11.0. The summed E-state index contributed by atoms with van der Waals surface area (Å²) >= 11 is 0. The first-order chi connectivity index (χ1) is 4.20. The quantitative estimate of drug-likeness (QED) is 0.477. The van der Waals surface area contributed by atoms with Crippen LogP contribution in [0.1, 0.15) is 26.2 Å². The molecule has 2 aliphatic carbocycles. The summed E-state index contributed by atoms with van der Waals surface area (Å²) in [7, 11) is 0. The molecule has 1 fully saturated rings.